The second-order valence-corrected chi connectivity index (χ2v) is 5.22. The predicted octanol–water partition coefficient (Wildman–Crippen LogP) is 2.55. The molecule has 0 spiro atoms. The van der Waals surface area contributed by atoms with Crippen molar-refractivity contribution in [1.82, 2.24) is 4.90 Å². The normalized spacial score (nSPS) is 11.8. The molecule has 1 rings (SSSR count). The summed E-state index contributed by atoms with van der Waals surface area (Å²) in [5.41, 5.74) is 0. The van der Waals surface area contributed by atoms with E-state index in [1.807, 2.05) is 0 Å². The van der Waals surface area contributed by atoms with Crippen LogP contribution in [0.25, 0.3) is 0 Å². The zero-order chi connectivity index (χ0) is 15.3. The number of aliphatic carboxylic acids is 1. The van der Waals surface area contributed by atoms with Gasteiger partial charge in [0.25, 0.3) is 5.91 Å². The molecule has 0 saturated heterocycles. The maximum atomic E-state index is 11.8. The van der Waals surface area contributed by atoms with Crippen LogP contribution in [0, 0.1) is 5.92 Å². The first-order valence-electron chi connectivity index (χ1n) is 5.86. The van der Waals surface area contributed by atoms with E-state index in [1.165, 1.54) is 24.9 Å². The smallest absolute Gasteiger partial charge is 0.308 e. The monoisotopic (exact) mass is 319 g/mol. The van der Waals surface area contributed by atoms with Gasteiger partial charge in [-0.1, -0.05) is 30.1 Å². The number of carbonyl (C=O) groups is 2. The third-order valence-corrected chi connectivity index (χ3v) is 3.17. The maximum Gasteiger partial charge on any atom is 0.308 e. The second kappa shape index (κ2) is 7.36. The van der Waals surface area contributed by atoms with Crippen LogP contribution in [0.2, 0.25) is 10.0 Å². The first kappa shape index (κ1) is 16.6. The van der Waals surface area contributed by atoms with Crippen molar-refractivity contribution in [1.29, 1.82) is 0 Å². The van der Waals surface area contributed by atoms with Gasteiger partial charge >= 0.3 is 5.97 Å². The molecule has 1 amide bonds. The summed E-state index contributed by atoms with van der Waals surface area (Å²) in [6.45, 7) is 1.43. The Morgan fingerprint density at radius 2 is 2.05 bits per heavy atom. The van der Waals surface area contributed by atoms with Crippen molar-refractivity contribution in [3.05, 3.63) is 28.2 Å². The molecular weight excluding hydrogens is 305 g/mol. The van der Waals surface area contributed by atoms with Crippen molar-refractivity contribution in [2.24, 2.45) is 5.92 Å². The van der Waals surface area contributed by atoms with Gasteiger partial charge in [0.1, 0.15) is 5.75 Å². The molecule has 1 aromatic carbocycles. The van der Waals surface area contributed by atoms with Crippen molar-refractivity contribution < 1.29 is 19.4 Å². The Hall–Kier alpha value is -1.46. The number of benzene rings is 1. The molecule has 1 atom stereocenters. The fourth-order valence-electron chi connectivity index (χ4n) is 1.43. The summed E-state index contributed by atoms with van der Waals surface area (Å²) in [6, 6.07) is 4.68. The van der Waals surface area contributed by atoms with Crippen molar-refractivity contribution in [2.45, 2.75) is 6.92 Å². The quantitative estimate of drug-likeness (QED) is 0.875. The summed E-state index contributed by atoms with van der Waals surface area (Å²) < 4.78 is 5.29. The number of halogens is 2. The average Bonchev–Trinajstić information content (AvgIpc) is 2.37. The lowest BCUT2D eigenvalue weighted by Gasteiger charge is -2.19. The van der Waals surface area contributed by atoms with Gasteiger partial charge in [-0.3, -0.25) is 9.59 Å². The number of ether oxygens (including phenoxy) is 1. The molecule has 0 fully saturated rings. The van der Waals surface area contributed by atoms with E-state index in [0.29, 0.717) is 15.8 Å². The molecule has 0 aliphatic rings. The summed E-state index contributed by atoms with van der Waals surface area (Å²) in [5.74, 6) is -1.57. The lowest BCUT2D eigenvalue weighted by molar-refractivity contribution is -0.143. The van der Waals surface area contributed by atoms with Crippen LogP contribution in [0.3, 0.4) is 0 Å². The number of carboxylic acid groups (broad SMARTS) is 1. The summed E-state index contributed by atoms with van der Waals surface area (Å²) in [4.78, 5) is 23.8. The zero-order valence-corrected chi connectivity index (χ0v) is 12.6. The molecule has 20 heavy (non-hydrogen) atoms. The van der Waals surface area contributed by atoms with E-state index < -0.39 is 11.9 Å². The number of rotatable bonds is 6. The number of hydrogen-bond donors (Lipinski definition) is 1. The van der Waals surface area contributed by atoms with Crippen molar-refractivity contribution in [2.75, 3.05) is 20.2 Å². The highest BCUT2D eigenvalue weighted by Gasteiger charge is 2.18. The predicted molar refractivity (Wildman–Crippen MR) is 76.4 cm³/mol. The van der Waals surface area contributed by atoms with E-state index >= 15 is 0 Å². The van der Waals surface area contributed by atoms with Crippen molar-refractivity contribution in [3.63, 3.8) is 0 Å². The highest BCUT2D eigenvalue weighted by Crippen LogP contribution is 2.27. The number of amides is 1. The number of carbonyl (C=O) groups excluding carboxylic acids is 1. The molecule has 0 aromatic heterocycles. The van der Waals surface area contributed by atoms with E-state index in [4.69, 9.17) is 33.0 Å². The minimum absolute atomic E-state index is 0.117. The Labute approximate surface area is 127 Å². The van der Waals surface area contributed by atoms with Crippen LogP contribution in [0.15, 0.2) is 18.2 Å². The summed E-state index contributed by atoms with van der Waals surface area (Å²) in [7, 11) is 1.52. The second-order valence-electron chi connectivity index (χ2n) is 4.38. The van der Waals surface area contributed by atoms with Gasteiger partial charge in [0.05, 0.1) is 10.9 Å². The first-order chi connectivity index (χ1) is 9.31. The van der Waals surface area contributed by atoms with Crippen LogP contribution in [0.4, 0.5) is 0 Å². The zero-order valence-electron chi connectivity index (χ0n) is 11.1. The third-order valence-electron chi connectivity index (χ3n) is 2.64. The molecule has 0 aliphatic heterocycles. The molecule has 0 aliphatic carbocycles. The maximum absolute atomic E-state index is 11.8. The van der Waals surface area contributed by atoms with Crippen LogP contribution < -0.4 is 4.74 Å². The summed E-state index contributed by atoms with van der Waals surface area (Å²) in [6.07, 6.45) is 0. The minimum Gasteiger partial charge on any atom is -0.482 e. The molecule has 0 heterocycles. The largest absolute Gasteiger partial charge is 0.482 e. The lowest BCUT2D eigenvalue weighted by Crippen LogP contribution is -2.36. The van der Waals surface area contributed by atoms with E-state index in [0.717, 1.165) is 0 Å². The molecule has 1 N–H and O–H groups in total. The molecule has 1 unspecified atom stereocenters. The Kier molecular flexibility index (Phi) is 6.10. The van der Waals surface area contributed by atoms with Crippen LogP contribution in [-0.2, 0) is 9.59 Å². The Morgan fingerprint density at radius 1 is 1.40 bits per heavy atom. The molecule has 0 bridgehead atoms. The summed E-state index contributed by atoms with van der Waals surface area (Å²) in [5, 5.41) is 9.57. The van der Waals surface area contributed by atoms with Gasteiger partial charge in [0.15, 0.2) is 6.61 Å². The third kappa shape index (κ3) is 4.90. The molecule has 0 radical (unpaired) electrons. The molecule has 5 nitrogen and oxygen atoms in total. The first-order valence-corrected chi connectivity index (χ1v) is 6.61. The van der Waals surface area contributed by atoms with Crippen LogP contribution in [-0.4, -0.2) is 42.1 Å². The molecule has 0 saturated carbocycles. The van der Waals surface area contributed by atoms with Crippen LogP contribution in [0.5, 0.6) is 5.75 Å². The van der Waals surface area contributed by atoms with Crippen LogP contribution in [0.1, 0.15) is 6.92 Å². The molecule has 110 valence electrons. The van der Waals surface area contributed by atoms with Crippen molar-refractivity contribution >= 4 is 35.1 Å². The molecule has 1 aromatic rings. The van der Waals surface area contributed by atoms with Gasteiger partial charge in [0, 0.05) is 18.6 Å². The van der Waals surface area contributed by atoms with Crippen LogP contribution >= 0.6 is 23.2 Å². The Morgan fingerprint density at radius 3 is 2.60 bits per heavy atom. The Bertz CT molecular complexity index is 507. The molecular formula is C13H15Cl2NO4. The average molecular weight is 320 g/mol. The van der Waals surface area contributed by atoms with E-state index in [9.17, 15) is 9.59 Å². The summed E-state index contributed by atoms with van der Waals surface area (Å²) >= 11 is 11.7. The van der Waals surface area contributed by atoms with Gasteiger partial charge < -0.3 is 14.7 Å². The lowest BCUT2D eigenvalue weighted by atomic mass is 10.2. The number of likely N-dealkylation sites (N-methyl/N-ethyl adjacent to an activating group) is 1. The number of hydrogen-bond acceptors (Lipinski definition) is 3. The fraction of sp³-hybridized carbons (Fsp3) is 0.385. The van der Waals surface area contributed by atoms with E-state index in [-0.39, 0.29) is 19.1 Å². The highest BCUT2D eigenvalue weighted by atomic mass is 35.5. The molecule has 7 heteroatoms. The van der Waals surface area contributed by atoms with E-state index in [1.54, 1.807) is 12.1 Å². The van der Waals surface area contributed by atoms with Gasteiger partial charge in [-0.05, 0) is 18.2 Å². The van der Waals surface area contributed by atoms with Crippen molar-refractivity contribution in [3.8, 4) is 5.75 Å². The van der Waals surface area contributed by atoms with E-state index in [2.05, 4.69) is 0 Å². The standard InChI is InChI=1S/C13H15Cl2NO4/c1-8(13(18)19)6-16(2)12(17)7-20-11-4-3-9(14)5-10(11)15/h3-5,8H,6-7H2,1-2H3,(H,18,19). The number of nitrogens with zero attached hydrogens (tertiary/aromatic N) is 1. The van der Waals surface area contributed by atoms with Gasteiger partial charge in [-0.15, -0.1) is 0 Å². The fourth-order valence-corrected chi connectivity index (χ4v) is 1.90. The highest BCUT2D eigenvalue weighted by molar-refractivity contribution is 6.35. The van der Waals surface area contributed by atoms with Gasteiger partial charge in [0.2, 0.25) is 0 Å². The Balaban J connectivity index is 2.52. The SMILES string of the molecule is CC(CN(C)C(=O)COc1ccc(Cl)cc1Cl)C(=O)O. The minimum atomic E-state index is -0.952. The topological polar surface area (TPSA) is 66.8 Å². The van der Waals surface area contributed by atoms with Gasteiger partial charge in [-0.25, -0.2) is 0 Å². The van der Waals surface area contributed by atoms with Gasteiger partial charge in [-0.2, -0.15) is 0 Å². The number of carboxylic acids is 1.